The summed E-state index contributed by atoms with van der Waals surface area (Å²) < 4.78 is 5.47. The second-order valence-corrected chi connectivity index (χ2v) is 7.05. The molecule has 1 aliphatic rings. The van der Waals surface area contributed by atoms with Gasteiger partial charge in [0, 0.05) is 31.2 Å². The number of nitrogens with one attached hydrogen (secondary N) is 1. The molecule has 1 aliphatic heterocycles. The Morgan fingerprint density at radius 1 is 1.28 bits per heavy atom. The highest BCUT2D eigenvalue weighted by atomic mass is 35.5. The highest BCUT2D eigenvalue weighted by Crippen LogP contribution is 2.27. The van der Waals surface area contributed by atoms with Gasteiger partial charge in [0.1, 0.15) is 0 Å². The van der Waals surface area contributed by atoms with E-state index in [-0.39, 0.29) is 11.9 Å². The van der Waals surface area contributed by atoms with Gasteiger partial charge in [0.25, 0.3) is 0 Å². The number of rotatable bonds is 8. The molecule has 0 aromatic heterocycles. The molecule has 1 aromatic carbocycles. The zero-order valence-electron chi connectivity index (χ0n) is 15.3. The minimum atomic E-state index is -0.477. The van der Waals surface area contributed by atoms with Crippen molar-refractivity contribution in [2.75, 3.05) is 39.4 Å². The minimum absolute atomic E-state index is 0.0484. The molecule has 3 N–H and O–H groups in total. The van der Waals surface area contributed by atoms with Gasteiger partial charge in [-0.05, 0) is 30.5 Å². The SMILES string of the molecule is CCC(CC)(CN)C(=O)NCC(c1ccc(Cl)cc1)N1CCOCC1. The van der Waals surface area contributed by atoms with Crippen molar-refractivity contribution >= 4 is 17.5 Å². The first-order valence-electron chi connectivity index (χ1n) is 9.12. The average Bonchev–Trinajstić information content (AvgIpc) is 2.66. The fourth-order valence-corrected chi connectivity index (χ4v) is 3.49. The molecule has 2 rings (SSSR count). The van der Waals surface area contributed by atoms with Crippen molar-refractivity contribution in [2.24, 2.45) is 11.1 Å². The van der Waals surface area contributed by atoms with E-state index in [0.29, 0.717) is 31.3 Å². The van der Waals surface area contributed by atoms with Gasteiger partial charge in [-0.3, -0.25) is 9.69 Å². The molecule has 0 aliphatic carbocycles. The lowest BCUT2D eigenvalue weighted by atomic mass is 9.81. The van der Waals surface area contributed by atoms with E-state index in [2.05, 4.69) is 10.2 Å². The first kappa shape index (κ1) is 20.2. The van der Waals surface area contributed by atoms with Gasteiger partial charge in [-0.1, -0.05) is 37.6 Å². The molecule has 5 nitrogen and oxygen atoms in total. The zero-order chi connectivity index (χ0) is 18.3. The van der Waals surface area contributed by atoms with Crippen LogP contribution in [0.3, 0.4) is 0 Å². The van der Waals surface area contributed by atoms with Crippen molar-refractivity contribution in [3.8, 4) is 0 Å². The van der Waals surface area contributed by atoms with Crippen LogP contribution in [0.4, 0.5) is 0 Å². The van der Waals surface area contributed by atoms with Crippen LogP contribution in [0.25, 0.3) is 0 Å². The molecular weight excluding hydrogens is 338 g/mol. The Hall–Kier alpha value is -1.14. The van der Waals surface area contributed by atoms with Gasteiger partial charge < -0.3 is 15.8 Å². The number of nitrogens with zero attached hydrogens (tertiary/aromatic N) is 1. The Balaban J connectivity index is 2.13. The molecule has 0 radical (unpaired) electrons. The van der Waals surface area contributed by atoms with E-state index >= 15 is 0 Å². The summed E-state index contributed by atoms with van der Waals surface area (Å²) in [6.07, 6.45) is 1.49. The summed E-state index contributed by atoms with van der Waals surface area (Å²) >= 11 is 6.03. The standard InChI is InChI=1S/C19H30ClN3O2/c1-3-19(4-2,14-21)18(24)22-13-17(23-9-11-25-12-10-23)15-5-7-16(20)8-6-15/h5-8,17H,3-4,9-14,21H2,1-2H3,(H,22,24). The third kappa shape index (κ3) is 4.94. The summed E-state index contributed by atoms with van der Waals surface area (Å²) in [5, 5.41) is 3.87. The lowest BCUT2D eigenvalue weighted by molar-refractivity contribution is -0.131. The van der Waals surface area contributed by atoms with Crippen LogP contribution in [0.15, 0.2) is 24.3 Å². The predicted molar refractivity (Wildman–Crippen MR) is 102 cm³/mol. The lowest BCUT2D eigenvalue weighted by Crippen LogP contribution is -2.49. The predicted octanol–water partition coefficient (Wildman–Crippen LogP) is 2.59. The first-order valence-corrected chi connectivity index (χ1v) is 9.49. The van der Waals surface area contributed by atoms with E-state index in [4.69, 9.17) is 22.1 Å². The van der Waals surface area contributed by atoms with Crippen molar-refractivity contribution in [1.29, 1.82) is 0 Å². The van der Waals surface area contributed by atoms with Crippen LogP contribution in [0.1, 0.15) is 38.3 Å². The topological polar surface area (TPSA) is 67.6 Å². The van der Waals surface area contributed by atoms with Crippen LogP contribution < -0.4 is 11.1 Å². The van der Waals surface area contributed by atoms with Gasteiger partial charge in [0.15, 0.2) is 0 Å². The number of carbonyl (C=O) groups excluding carboxylic acids is 1. The molecule has 1 atom stereocenters. The van der Waals surface area contributed by atoms with Crippen molar-refractivity contribution in [3.63, 3.8) is 0 Å². The van der Waals surface area contributed by atoms with Gasteiger partial charge in [0.2, 0.25) is 5.91 Å². The van der Waals surface area contributed by atoms with E-state index in [1.807, 2.05) is 38.1 Å². The Kier molecular flexibility index (Phi) is 7.69. The van der Waals surface area contributed by atoms with Gasteiger partial charge >= 0.3 is 0 Å². The van der Waals surface area contributed by atoms with Crippen molar-refractivity contribution in [3.05, 3.63) is 34.9 Å². The second kappa shape index (κ2) is 9.53. The van der Waals surface area contributed by atoms with Gasteiger partial charge in [-0.25, -0.2) is 0 Å². The Bertz CT molecular complexity index is 532. The molecule has 6 heteroatoms. The molecule has 0 bridgehead atoms. The summed E-state index contributed by atoms with van der Waals surface area (Å²) in [6, 6.07) is 7.96. The molecule has 1 heterocycles. The monoisotopic (exact) mass is 367 g/mol. The molecule has 0 spiro atoms. The van der Waals surface area contributed by atoms with Crippen LogP contribution in [0, 0.1) is 5.41 Å². The molecule has 25 heavy (non-hydrogen) atoms. The minimum Gasteiger partial charge on any atom is -0.379 e. The molecule has 1 unspecified atom stereocenters. The molecule has 1 aromatic rings. The van der Waals surface area contributed by atoms with Crippen LogP contribution in [-0.2, 0) is 9.53 Å². The fourth-order valence-electron chi connectivity index (χ4n) is 3.36. The third-order valence-electron chi connectivity index (χ3n) is 5.42. The number of hydrogen-bond donors (Lipinski definition) is 2. The highest BCUT2D eigenvalue weighted by molar-refractivity contribution is 6.30. The van der Waals surface area contributed by atoms with E-state index in [1.165, 1.54) is 0 Å². The molecular formula is C19H30ClN3O2. The normalized spacial score (nSPS) is 17.3. The number of nitrogens with two attached hydrogens (primary N) is 1. The average molecular weight is 368 g/mol. The van der Waals surface area contributed by atoms with Crippen LogP contribution in [0.5, 0.6) is 0 Å². The van der Waals surface area contributed by atoms with Crippen LogP contribution in [-0.4, -0.2) is 50.2 Å². The number of ether oxygens (including phenoxy) is 1. The quantitative estimate of drug-likeness (QED) is 0.741. The zero-order valence-corrected chi connectivity index (χ0v) is 16.0. The van der Waals surface area contributed by atoms with E-state index < -0.39 is 5.41 Å². The van der Waals surface area contributed by atoms with Crippen molar-refractivity contribution < 1.29 is 9.53 Å². The summed E-state index contributed by atoms with van der Waals surface area (Å²) in [5.74, 6) is 0.0484. The number of halogens is 1. The molecule has 140 valence electrons. The molecule has 1 fully saturated rings. The van der Waals surface area contributed by atoms with Gasteiger partial charge in [0.05, 0.1) is 24.7 Å². The van der Waals surface area contributed by atoms with Crippen LogP contribution >= 0.6 is 11.6 Å². The third-order valence-corrected chi connectivity index (χ3v) is 5.68. The van der Waals surface area contributed by atoms with E-state index in [9.17, 15) is 4.79 Å². The number of carbonyl (C=O) groups is 1. The summed E-state index contributed by atoms with van der Waals surface area (Å²) in [5.41, 5.74) is 6.58. The number of hydrogen-bond acceptors (Lipinski definition) is 4. The Morgan fingerprint density at radius 3 is 2.40 bits per heavy atom. The molecule has 0 saturated carbocycles. The van der Waals surface area contributed by atoms with Crippen LogP contribution in [0.2, 0.25) is 5.02 Å². The first-order chi connectivity index (χ1) is 12.1. The van der Waals surface area contributed by atoms with Gasteiger partial charge in [-0.15, -0.1) is 0 Å². The maximum atomic E-state index is 12.8. The fraction of sp³-hybridized carbons (Fsp3) is 0.632. The summed E-state index contributed by atoms with van der Waals surface area (Å²) in [6.45, 7) is 8.11. The smallest absolute Gasteiger partial charge is 0.227 e. The van der Waals surface area contributed by atoms with Crippen molar-refractivity contribution in [2.45, 2.75) is 32.7 Å². The second-order valence-electron chi connectivity index (χ2n) is 6.62. The molecule has 1 amide bonds. The lowest BCUT2D eigenvalue weighted by Gasteiger charge is -2.36. The Morgan fingerprint density at radius 2 is 1.88 bits per heavy atom. The van der Waals surface area contributed by atoms with Gasteiger partial charge in [-0.2, -0.15) is 0 Å². The van der Waals surface area contributed by atoms with E-state index in [0.717, 1.165) is 31.5 Å². The highest BCUT2D eigenvalue weighted by Gasteiger charge is 2.34. The van der Waals surface area contributed by atoms with Crippen molar-refractivity contribution in [1.82, 2.24) is 10.2 Å². The summed E-state index contributed by atoms with van der Waals surface area (Å²) in [7, 11) is 0. The van der Waals surface area contributed by atoms with E-state index in [1.54, 1.807) is 0 Å². The maximum absolute atomic E-state index is 12.8. The number of morpholine rings is 1. The molecule has 1 saturated heterocycles. The number of benzene rings is 1. The number of amides is 1. The Labute approximate surface area is 155 Å². The summed E-state index contributed by atoms with van der Waals surface area (Å²) in [4.78, 5) is 15.1. The maximum Gasteiger partial charge on any atom is 0.227 e. The largest absolute Gasteiger partial charge is 0.379 e.